The van der Waals surface area contributed by atoms with Crippen molar-refractivity contribution in [2.75, 3.05) is 0 Å². The molecule has 3 nitrogen and oxygen atoms in total. The molecule has 0 N–H and O–H groups in total. The maximum absolute atomic E-state index is 13.4. The van der Waals surface area contributed by atoms with Crippen LogP contribution in [0, 0.1) is 6.92 Å². The van der Waals surface area contributed by atoms with E-state index in [9.17, 15) is 21.9 Å². The second-order valence-electron chi connectivity index (χ2n) is 6.81. The van der Waals surface area contributed by atoms with Crippen molar-refractivity contribution in [2.45, 2.75) is 18.9 Å². The summed E-state index contributed by atoms with van der Waals surface area (Å²) in [4.78, 5) is 5.69. The third-order valence-electron chi connectivity index (χ3n) is 4.75. The van der Waals surface area contributed by atoms with Crippen molar-refractivity contribution in [1.29, 1.82) is 0 Å². The average Bonchev–Trinajstić information content (AvgIpc) is 3.14. The lowest BCUT2D eigenvalue weighted by Gasteiger charge is -2.15. The molecule has 0 amide bonds. The molecule has 1 unspecified atom stereocenters. The molecule has 2 aromatic heterocycles. The minimum atomic E-state index is -4.49. The number of benzene rings is 2. The Morgan fingerprint density at radius 1 is 1.07 bits per heavy atom. The first-order valence-electron chi connectivity index (χ1n) is 8.95. The molecule has 1 atom stereocenters. The number of hydrogen-bond donors (Lipinski definition) is 0. The van der Waals surface area contributed by atoms with Gasteiger partial charge in [0.05, 0.1) is 11.1 Å². The van der Waals surface area contributed by atoms with Gasteiger partial charge < -0.3 is 4.55 Å². The fourth-order valence-corrected chi connectivity index (χ4v) is 5.14. The van der Waals surface area contributed by atoms with Crippen LogP contribution in [0.1, 0.15) is 16.0 Å². The summed E-state index contributed by atoms with van der Waals surface area (Å²) in [6.45, 7) is 1.82. The molecule has 2 heterocycles. The van der Waals surface area contributed by atoms with Gasteiger partial charge >= 0.3 is 6.18 Å². The standard InChI is InChI=1S/C22H16F3NO2S2/c1-13-11-26-21-17(6-3-7-18(21)22(23,24)25)20(13)15-5-2-4-14(10-15)19-9-8-16(29-19)12-30(27)28/h2-11H,12H2,1H3,(H,27,28)/p-1. The lowest BCUT2D eigenvalue weighted by atomic mass is 9.94. The van der Waals surface area contributed by atoms with E-state index in [1.54, 1.807) is 12.1 Å². The zero-order valence-electron chi connectivity index (χ0n) is 15.7. The van der Waals surface area contributed by atoms with Gasteiger partial charge in [0, 0.05) is 27.1 Å². The SMILES string of the molecule is Cc1cnc2c(C(F)(F)F)cccc2c1-c1cccc(-c2ccc(CS(=O)[O-])s2)c1. The number of fused-ring (bicyclic) bond motifs is 1. The third-order valence-corrected chi connectivity index (χ3v) is 6.61. The summed E-state index contributed by atoms with van der Waals surface area (Å²) in [5.74, 6) is -0.0430. The van der Waals surface area contributed by atoms with Crippen LogP contribution in [-0.2, 0) is 23.0 Å². The van der Waals surface area contributed by atoms with Crippen molar-refractivity contribution in [2.24, 2.45) is 0 Å². The van der Waals surface area contributed by atoms with E-state index < -0.39 is 22.8 Å². The van der Waals surface area contributed by atoms with Gasteiger partial charge in [-0.15, -0.1) is 11.3 Å². The topological polar surface area (TPSA) is 53.0 Å². The molecule has 0 fully saturated rings. The predicted molar refractivity (Wildman–Crippen MR) is 113 cm³/mol. The Morgan fingerprint density at radius 2 is 1.80 bits per heavy atom. The fraction of sp³-hybridized carbons (Fsp3) is 0.136. The van der Waals surface area contributed by atoms with Gasteiger partial charge in [-0.2, -0.15) is 13.2 Å². The maximum atomic E-state index is 13.4. The van der Waals surface area contributed by atoms with Crippen molar-refractivity contribution >= 4 is 33.3 Å². The number of alkyl halides is 3. The first kappa shape index (κ1) is 20.7. The van der Waals surface area contributed by atoms with Gasteiger partial charge in [0.25, 0.3) is 0 Å². The number of pyridine rings is 1. The number of thiophene rings is 1. The van der Waals surface area contributed by atoms with E-state index in [4.69, 9.17) is 0 Å². The maximum Gasteiger partial charge on any atom is 0.418 e. The first-order valence-corrected chi connectivity index (χ1v) is 11.0. The monoisotopic (exact) mass is 446 g/mol. The highest BCUT2D eigenvalue weighted by Crippen LogP contribution is 2.39. The summed E-state index contributed by atoms with van der Waals surface area (Å²) in [6, 6.07) is 15.2. The number of aryl methyl sites for hydroxylation is 1. The smallest absolute Gasteiger partial charge is 0.418 e. The molecule has 0 saturated heterocycles. The van der Waals surface area contributed by atoms with Gasteiger partial charge in [-0.3, -0.25) is 9.19 Å². The Hall–Kier alpha value is -2.55. The quantitative estimate of drug-likeness (QED) is 0.344. The van der Waals surface area contributed by atoms with Crippen molar-refractivity contribution in [1.82, 2.24) is 4.98 Å². The first-order chi connectivity index (χ1) is 14.2. The van der Waals surface area contributed by atoms with Crippen LogP contribution in [0.15, 0.2) is 60.8 Å². The van der Waals surface area contributed by atoms with Crippen LogP contribution in [0.4, 0.5) is 13.2 Å². The Bertz CT molecular complexity index is 1260. The molecule has 0 aliphatic heterocycles. The van der Waals surface area contributed by atoms with Crippen LogP contribution >= 0.6 is 11.3 Å². The molecule has 4 aromatic rings. The number of aromatic nitrogens is 1. The number of rotatable bonds is 4. The molecule has 30 heavy (non-hydrogen) atoms. The summed E-state index contributed by atoms with van der Waals surface area (Å²) in [7, 11) is 0. The Labute approximate surface area is 177 Å². The van der Waals surface area contributed by atoms with Crippen LogP contribution in [0.25, 0.3) is 32.5 Å². The predicted octanol–water partition coefficient (Wildman–Crippen LogP) is 6.34. The zero-order valence-corrected chi connectivity index (χ0v) is 17.3. The fourth-order valence-electron chi connectivity index (χ4n) is 3.49. The van der Waals surface area contributed by atoms with E-state index in [1.807, 2.05) is 37.3 Å². The van der Waals surface area contributed by atoms with Gasteiger partial charge in [0.15, 0.2) is 0 Å². The molecule has 154 valence electrons. The number of halogens is 3. The van der Waals surface area contributed by atoms with E-state index in [0.29, 0.717) is 10.9 Å². The molecule has 0 radical (unpaired) electrons. The summed E-state index contributed by atoms with van der Waals surface area (Å²) in [5, 5.41) is 0.440. The second-order valence-corrected chi connectivity index (χ2v) is 8.88. The molecular formula is C22H15F3NO2S2-. The molecular weight excluding hydrogens is 431 g/mol. The molecule has 0 saturated carbocycles. The summed E-state index contributed by atoms with van der Waals surface area (Å²) in [6.07, 6.45) is -3.03. The summed E-state index contributed by atoms with van der Waals surface area (Å²) >= 11 is -0.783. The van der Waals surface area contributed by atoms with Crippen molar-refractivity contribution in [3.63, 3.8) is 0 Å². The van der Waals surface area contributed by atoms with Gasteiger partial charge in [-0.1, -0.05) is 30.3 Å². The summed E-state index contributed by atoms with van der Waals surface area (Å²) < 4.78 is 62.2. The van der Waals surface area contributed by atoms with E-state index >= 15 is 0 Å². The number of para-hydroxylation sites is 1. The molecule has 4 rings (SSSR count). The highest BCUT2D eigenvalue weighted by Gasteiger charge is 2.33. The lowest BCUT2D eigenvalue weighted by Crippen LogP contribution is -2.07. The van der Waals surface area contributed by atoms with Crippen LogP contribution in [0.2, 0.25) is 0 Å². The molecule has 0 aliphatic carbocycles. The van der Waals surface area contributed by atoms with Crippen LogP contribution in [0.5, 0.6) is 0 Å². The van der Waals surface area contributed by atoms with Crippen molar-refractivity contribution < 1.29 is 21.9 Å². The zero-order chi connectivity index (χ0) is 21.5. The van der Waals surface area contributed by atoms with Crippen LogP contribution < -0.4 is 0 Å². The molecule has 0 bridgehead atoms. The average molecular weight is 446 g/mol. The normalized spacial score (nSPS) is 13.0. The van der Waals surface area contributed by atoms with E-state index in [0.717, 1.165) is 32.5 Å². The molecule has 8 heteroatoms. The van der Waals surface area contributed by atoms with E-state index in [2.05, 4.69) is 4.98 Å². The molecule has 2 aromatic carbocycles. The van der Waals surface area contributed by atoms with Crippen LogP contribution in [-0.4, -0.2) is 13.7 Å². The lowest BCUT2D eigenvalue weighted by molar-refractivity contribution is -0.136. The van der Waals surface area contributed by atoms with E-state index in [1.165, 1.54) is 23.6 Å². The third kappa shape index (κ3) is 4.03. The van der Waals surface area contributed by atoms with E-state index in [-0.39, 0.29) is 11.3 Å². The molecule has 0 aliphatic rings. The number of nitrogens with zero attached hydrogens (tertiary/aromatic N) is 1. The van der Waals surface area contributed by atoms with Gasteiger partial charge in [-0.05, 0) is 64.5 Å². The van der Waals surface area contributed by atoms with Gasteiger partial charge in [-0.25, -0.2) is 0 Å². The van der Waals surface area contributed by atoms with Crippen molar-refractivity contribution in [3.8, 4) is 21.6 Å². The minimum absolute atomic E-state index is 0.0430. The largest absolute Gasteiger partial charge is 0.772 e. The molecule has 0 spiro atoms. The minimum Gasteiger partial charge on any atom is -0.772 e. The van der Waals surface area contributed by atoms with Gasteiger partial charge in [0.2, 0.25) is 0 Å². The Morgan fingerprint density at radius 3 is 2.53 bits per heavy atom. The Kier molecular flexibility index (Phi) is 5.48. The Balaban J connectivity index is 1.85. The van der Waals surface area contributed by atoms with Crippen molar-refractivity contribution in [3.05, 3.63) is 76.8 Å². The summed E-state index contributed by atoms with van der Waals surface area (Å²) in [5.41, 5.74) is 2.28. The van der Waals surface area contributed by atoms with Crippen LogP contribution in [0.3, 0.4) is 0 Å². The van der Waals surface area contributed by atoms with Gasteiger partial charge in [0.1, 0.15) is 0 Å². The number of hydrogen-bond acceptors (Lipinski definition) is 4. The highest BCUT2D eigenvalue weighted by molar-refractivity contribution is 7.78. The second kappa shape index (κ2) is 7.94. The highest BCUT2D eigenvalue weighted by atomic mass is 32.2.